The number of hydrogen-bond donors (Lipinski definition) is 0. The number of nitrogens with zero attached hydrogens (tertiary/aromatic N) is 12. The monoisotopic (exact) mass is 1940 g/mol. The van der Waals surface area contributed by atoms with Crippen molar-refractivity contribution >= 4 is 287 Å². The van der Waals surface area contributed by atoms with Gasteiger partial charge in [-0.05, 0) is 154 Å². The molecule has 0 aliphatic rings. The normalized spacial score (nSPS) is 12.4. The van der Waals surface area contributed by atoms with Crippen molar-refractivity contribution in [1.82, 2.24) is 56.8 Å². The Morgan fingerprint density at radius 1 is 0.167 bits per heavy atom. The summed E-state index contributed by atoms with van der Waals surface area (Å²) < 4.78 is 19.6. The molecule has 36 aromatic rings. The Hall–Kier alpha value is -19.6. The molecule has 0 atom stereocenters. The third-order valence-corrected chi connectivity index (χ3v) is 34.3. The molecule has 150 heavy (non-hydrogen) atoms. The summed E-state index contributed by atoms with van der Waals surface area (Å²) in [6, 6.07) is 166. The van der Waals surface area contributed by atoms with Crippen LogP contribution in [-0.2, 0) is 0 Å². The molecule has 22 aromatic carbocycles. The molecule has 14 aromatic heterocycles. The first-order valence-corrected chi connectivity index (χ1v) is 52.6. The van der Waals surface area contributed by atoms with Crippen LogP contribution in [0.5, 0.6) is 0 Å². The van der Waals surface area contributed by atoms with E-state index in [1.807, 2.05) is 46.9 Å². The van der Waals surface area contributed by atoms with Crippen molar-refractivity contribution < 1.29 is 0 Å². The van der Waals surface area contributed by atoms with Gasteiger partial charge in [-0.25, -0.2) is 29.9 Å². The molecule has 0 saturated carbocycles. The lowest BCUT2D eigenvalue weighted by Crippen LogP contribution is -2.04. The average molecular weight is 1940 g/mol. The fourth-order valence-electron chi connectivity index (χ4n) is 25.6. The van der Waals surface area contributed by atoms with Crippen LogP contribution in [-0.4, -0.2) is 56.8 Å². The molecule has 0 aliphatic carbocycles. The molecule has 0 N–H and O–H groups in total. The summed E-state index contributed by atoms with van der Waals surface area (Å²) >= 11 is 3.66. The zero-order valence-corrected chi connectivity index (χ0v) is 81.7. The molecule has 692 valence electrons. The summed E-state index contributed by atoms with van der Waals surface area (Å²) in [5, 5.41) is 29.7. The SMILES string of the molecule is c1ccc(-c2ccc(-c3nc4ccc5ccccc5c4nc3-n3c4cccc5c6ccccc6n6c7ccccc7c7ccc3c(c54)c76)cc2)cc1.c1ccc2nc(-n3c4cccc5c6ccccc6n6c7ccccc7c7ccc3c(c54)c76)c(-c3ccc4c(c3)sc3ccccc34)nc2c1.c1ccc2nc(-n3c4cccc5c6ccccc6n6c7ccccc7c7ccc3c(c54)c76)c(-c3cccc4c3sc3ccccc34)nc2c1. The molecule has 0 bridgehead atoms. The third kappa shape index (κ3) is 11.3. The molecule has 0 radical (unpaired) electrons. The lowest BCUT2D eigenvalue weighted by Gasteiger charge is -2.15. The third-order valence-electron chi connectivity index (χ3n) is 31.9. The second kappa shape index (κ2) is 31.0. The number of benzene rings is 22. The lowest BCUT2D eigenvalue weighted by molar-refractivity contribution is 1.08. The van der Waals surface area contributed by atoms with Crippen LogP contribution < -0.4 is 0 Å². The first-order valence-electron chi connectivity index (χ1n) is 51.0. The minimum absolute atomic E-state index is 0.823. The van der Waals surface area contributed by atoms with Gasteiger partial charge in [-0.2, -0.15) is 0 Å². The van der Waals surface area contributed by atoms with Gasteiger partial charge in [0, 0.05) is 143 Å². The van der Waals surface area contributed by atoms with Gasteiger partial charge >= 0.3 is 0 Å². The largest absolute Gasteiger partial charge is 0.308 e. The number of aromatic nitrogens is 12. The minimum Gasteiger partial charge on any atom is -0.308 e. The van der Waals surface area contributed by atoms with Gasteiger partial charge in [-0.3, -0.25) is 13.7 Å². The van der Waals surface area contributed by atoms with Crippen molar-refractivity contribution in [3.63, 3.8) is 0 Å². The topological polar surface area (TPSA) is 105 Å². The van der Waals surface area contributed by atoms with Crippen molar-refractivity contribution in [2.45, 2.75) is 0 Å². The molecule has 0 aliphatic heterocycles. The highest BCUT2D eigenvalue weighted by Crippen LogP contribution is 2.54. The van der Waals surface area contributed by atoms with Crippen LogP contribution in [0, 0.1) is 0 Å². The highest BCUT2D eigenvalue weighted by molar-refractivity contribution is 7.26. The average Bonchev–Trinajstić information content (AvgIpc) is 1.53. The van der Waals surface area contributed by atoms with E-state index in [9.17, 15) is 0 Å². The summed E-state index contributed by atoms with van der Waals surface area (Å²) in [7, 11) is 0. The predicted molar refractivity (Wildman–Crippen MR) is 631 cm³/mol. The molecule has 0 fully saturated rings. The van der Waals surface area contributed by atoms with Crippen LogP contribution >= 0.6 is 22.7 Å². The molecule has 0 spiro atoms. The summed E-state index contributed by atoms with van der Waals surface area (Å²) in [6.07, 6.45) is 0. The fourth-order valence-corrected chi connectivity index (χ4v) is 28.0. The number of thiophene rings is 2. The van der Waals surface area contributed by atoms with Gasteiger partial charge in [0.2, 0.25) is 0 Å². The van der Waals surface area contributed by atoms with E-state index in [-0.39, 0.29) is 0 Å². The molecule has 36 rings (SSSR count). The van der Waals surface area contributed by atoms with Gasteiger partial charge in [0.15, 0.2) is 17.5 Å². The van der Waals surface area contributed by atoms with Crippen molar-refractivity contribution in [3.05, 3.63) is 461 Å². The Labute approximate surface area is 860 Å². The summed E-state index contributed by atoms with van der Waals surface area (Å²) in [5.74, 6) is 2.51. The van der Waals surface area contributed by atoms with E-state index in [1.165, 1.54) is 198 Å². The highest BCUT2D eigenvalue weighted by Gasteiger charge is 2.33. The number of para-hydroxylation sites is 10. The van der Waals surface area contributed by atoms with Crippen LogP contribution in [0.15, 0.2) is 461 Å². The van der Waals surface area contributed by atoms with E-state index in [4.69, 9.17) is 29.9 Å². The number of fused-ring (bicyclic) bond motifs is 29. The van der Waals surface area contributed by atoms with E-state index < -0.39 is 0 Å². The summed E-state index contributed by atoms with van der Waals surface area (Å²) in [4.78, 5) is 32.9. The number of rotatable bonds is 7. The molecular weight excluding hydrogens is 1870 g/mol. The fraction of sp³-hybridized carbons (Fsp3) is 0. The Balaban J connectivity index is 0.0000000957. The van der Waals surface area contributed by atoms with Gasteiger partial charge in [0.25, 0.3) is 0 Å². The number of hydrogen-bond acceptors (Lipinski definition) is 8. The van der Waals surface area contributed by atoms with E-state index in [0.29, 0.717) is 0 Å². The lowest BCUT2D eigenvalue weighted by atomic mass is 10.0. The first-order chi connectivity index (χ1) is 74.5. The zero-order chi connectivity index (χ0) is 97.5. The van der Waals surface area contributed by atoms with Crippen LogP contribution in [0.1, 0.15) is 0 Å². The first kappa shape index (κ1) is 81.7. The second-order valence-corrected chi connectivity index (χ2v) is 41.8. The van der Waals surface area contributed by atoms with Crippen LogP contribution in [0.3, 0.4) is 0 Å². The van der Waals surface area contributed by atoms with Gasteiger partial charge in [-0.15, -0.1) is 22.7 Å². The molecule has 0 saturated heterocycles. The van der Waals surface area contributed by atoms with Crippen molar-refractivity contribution in [2.24, 2.45) is 0 Å². The molecule has 14 heterocycles. The molecule has 14 heteroatoms. The van der Waals surface area contributed by atoms with Crippen molar-refractivity contribution in [2.75, 3.05) is 0 Å². The summed E-state index contributed by atoms with van der Waals surface area (Å²) in [5.41, 5.74) is 31.2. The van der Waals surface area contributed by atoms with Crippen LogP contribution in [0.2, 0.25) is 0 Å². The highest BCUT2D eigenvalue weighted by atomic mass is 32.1. The molecule has 0 amide bonds. The summed E-state index contributed by atoms with van der Waals surface area (Å²) in [6.45, 7) is 0. The zero-order valence-electron chi connectivity index (χ0n) is 80.1. The molecule has 12 nitrogen and oxygen atoms in total. The van der Waals surface area contributed by atoms with Gasteiger partial charge in [0.1, 0.15) is 17.1 Å². The van der Waals surface area contributed by atoms with E-state index in [2.05, 4.69) is 464 Å². The maximum atomic E-state index is 5.63. The standard InChI is InChI=1S/C48H28N4.2C44H24N4S/c1-2-11-29(12-3-1)30-21-23-32(24-22-30)45-48(50-46-33-14-5-4-13-31(33)25-27-38(46)49-45)52-41-20-10-17-36-34-15-6-8-18-39(34)51-40-19-9-7-16-35(40)37-26-28-42(52)44(43(36)41)47(37)51;1-6-19-34-25(11-1)28-14-10-21-36-39(28)40-37(24-23-29-26-12-2-7-20-35(26)47(34)42(29)40)48(36)44-41(45-32-17-4-5-18-33(32)46-44)31-16-9-15-30-27-13-3-8-22-38(27)49-43(30)31;1-6-16-34-26(10-1)30-13-9-18-36-40(30)41-37(23-22-31-27-11-2-7-17-35(27)47(34)43(31)41)48(36)44-42(45-32-14-4-5-15-33(32)46-44)25-20-21-29-28-12-3-8-19-38(28)49-39(29)24-25/h1-28H;2*1-24H. The van der Waals surface area contributed by atoms with E-state index >= 15 is 0 Å². The van der Waals surface area contributed by atoms with Gasteiger partial charge in [0.05, 0.1) is 116 Å². The Bertz CT molecular complexity index is 12200. The van der Waals surface area contributed by atoms with Gasteiger partial charge < -0.3 is 13.2 Å². The van der Waals surface area contributed by atoms with Crippen LogP contribution in [0.4, 0.5) is 0 Å². The van der Waals surface area contributed by atoms with E-state index in [1.54, 1.807) is 0 Å². The predicted octanol–water partition coefficient (Wildman–Crippen LogP) is 36.2. The molecule has 0 unspecified atom stereocenters. The maximum absolute atomic E-state index is 5.63. The second-order valence-electron chi connectivity index (χ2n) is 39.6. The van der Waals surface area contributed by atoms with Crippen molar-refractivity contribution in [1.29, 1.82) is 0 Å². The van der Waals surface area contributed by atoms with Crippen LogP contribution in [0.25, 0.3) is 326 Å². The minimum atomic E-state index is 0.823. The quantitative estimate of drug-likeness (QED) is 0.147. The Morgan fingerprint density at radius 3 is 0.980 bits per heavy atom. The Morgan fingerprint density at radius 2 is 0.487 bits per heavy atom. The van der Waals surface area contributed by atoms with Crippen molar-refractivity contribution in [3.8, 4) is 62.4 Å². The smallest absolute Gasteiger partial charge is 0.165 e. The maximum Gasteiger partial charge on any atom is 0.165 e. The Kier molecular flexibility index (Phi) is 16.9. The van der Waals surface area contributed by atoms with E-state index in [0.717, 1.165) is 128 Å². The van der Waals surface area contributed by atoms with Gasteiger partial charge in [-0.1, -0.05) is 340 Å². The molecular formula is C136H76N12S2.